The van der Waals surface area contributed by atoms with Gasteiger partial charge in [0.15, 0.2) is 0 Å². The number of hydrogen-bond donors (Lipinski definition) is 1. The molecule has 2 aromatic carbocycles. The average molecular weight is 288 g/mol. The summed E-state index contributed by atoms with van der Waals surface area (Å²) in [5.74, 6) is 0. The van der Waals surface area contributed by atoms with Crippen LogP contribution in [0.15, 0.2) is 42.5 Å². The minimum absolute atomic E-state index is 0.412. The second-order valence-corrected chi connectivity index (χ2v) is 6.15. The number of aryl methyl sites for hydroxylation is 2. The summed E-state index contributed by atoms with van der Waals surface area (Å²) in [5.41, 5.74) is 10.8. The second-order valence-electron chi connectivity index (χ2n) is 5.74. The lowest BCUT2D eigenvalue weighted by molar-refractivity contribution is 0.491. The summed E-state index contributed by atoms with van der Waals surface area (Å²) in [6.07, 6.45) is 1.78. The Hall–Kier alpha value is -1.31. The molecule has 2 rings (SSSR count). The molecule has 2 aromatic rings. The maximum atomic E-state index is 6.51. The fraction of sp³-hybridized carbons (Fsp3) is 0.333. The van der Waals surface area contributed by atoms with Crippen molar-refractivity contribution in [3.05, 3.63) is 69.7 Å². The fourth-order valence-corrected chi connectivity index (χ4v) is 2.72. The lowest BCUT2D eigenvalue weighted by Crippen LogP contribution is -2.35. The van der Waals surface area contributed by atoms with Crippen molar-refractivity contribution >= 4 is 11.6 Å². The molecule has 0 radical (unpaired) electrons. The maximum absolute atomic E-state index is 6.51. The predicted molar refractivity (Wildman–Crippen MR) is 87.3 cm³/mol. The van der Waals surface area contributed by atoms with Gasteiger partial charge < -0.3 is 5.73 Å². The minimum Gasteiger partial charge on any atom is -0.321 e. The van der Waals surface area contributed by atoms with Gasteiger partial charge >= 0.3 is 0 Å². The zero-order valence-corrected chi connectivity index (χ0v) is 13.2. The minimum atomic E-state index is -0.412. The molecule has 0 fully saturated rings. The molecule has 0 aliphatic rings. The van der Waals surface area contributed by atoms with E-state index < -0.39 is 5.54 Å². The van der Waals surface area contributed by atoms with Crippen LogP contribution in [0, 0.1) is 6.92 Å². The first kappa shape index (κ1) is 15.1. The highest BCUT2D eigenvalue weighted by Gasteiger charge is 2.22. The molecule has 0 aliphatic carbocycles. The number of nitrogens with two attached hydrogens (primary N) is 1. The number of hydrogen-bond acceptors (Lipinski definition) is 1. The van der Waals surface area contributed by atoms with Crippen molar-refractivity contribution in [1.29, 1.82) is 0 Å². The van der Waals surface area contributed by atoms with Crippen molar-refractivity contribution < 1.29 is 0 Å². The molecule has 2 heteroatoms. The van der Waals surface area contributed by atoms with E-state index in [4.69, 9.17) is 17.3 Å². The largest absolute Gasteiger partial charge is 0.321 e. The Morgan fingerprint density at radius 1 is 1.10 bits per heavy atom. The van der Waals surface area contributed by atoms with Crippen LogP contribution in [0.1, 0.15) is 36.1 Å². The average Bonchev–Trinajstić information content (AvgIpc) is 2.42. The van der Waals surface area contributed by atoms with Crippen molar-refractivity contribution in [2.45, 2.75) is 39.2 Å². The summed E-state index contributed by atoms with van der Waals surface area (Å²) in [7, 11) is 0. The summed E-state index contributed by atoms with van der Waals surface area (Å²) in [6, 6.07) is 14.7. The molecule has 0 amide bonds. The molecule has 0 aromatic heterocycles. The van der Waals surface area contributed by atoms with Gasteiger partial charge in [-0.25, -0.2) is 0 Å². The van der Waals surface area contributed by atoms with Gasteiger partial charge in [0, 0.05) is 10.6 Å². The van der Waals surface area contributed by atoms with Crippen LogP contribution in [0.4, 0.5) is 0 Å². The molecule has 0 bridgehead atoms. The topological polar surface area (TPSA) is 26.0 Å². The Morgan fingerprint density at radius 3 is 2.30 bits per heavy atom. The van der Waals surface area contributed by atoms with E-state index in [1.54, 1.807) is 0 Å². The summed E-state index contributed by atoms with van der Waals surface area (Å²) < 4.78 is 0. The third-order valence-corrected chi connectivity index (χ3v) is 4.14. The molecule has 1 nitrogen and oxygen atoms in total. The highest BCUT2D eigenvalue weighted by Crippen LogP contribution is 2.27. The van der Waals surface area contributed by atoms with E-state index in [2.05, 4.69) is 50.2 Å². The van der Waals surface area contributed by atoms with E-state index in [1.807, 2.05) is 13.0 Å². The number of benzene rings is 2. The van der Waals surface area contributed by atoms with Crippen molar-refractivity contribution in [1.82, 2.24) is 0 Å². The Kier molecular flexibility index (Phi) is 4.52. The Labute approximate surface area is 126 Å². The van der Waals surface area contributed by atoms with Crippen molar-refractivity contribution in [3.8, 4) is 0 Å². The summed E-state index contributed by atoms with van der Waals surface area (Å²) in [4.78, 5) is 0. The molecule has 0 saturated heterocycles. The van der Waals surface area contributed by atoms with Gasteiger partial charge in [-0.05, 0) is 55.0 Å². The first-order chi connectivity index (χ1) is 9.42. The van der Waals surface area contributed by atoms with Crippen LogP contribution in [0.5, 0.6) is 0 Å². The van der Waals surface area contributed by atoms with Gasteiger partial charge in [0.05, 0.1) is 0 Å². The lowest BCUT2D eigenvalue weighted by Gasteiger charge is -2.26. The molecule has 0 heterocycles. The Bertz CT molecular complexity index is 585. The highest BCUT2D eigenvalue weighted by atomic mass is 35.5. The standard InChI is InChI=1S/C18H22ClN/c1-4-14-6-9-16(10-7-14)18(3,20)12-15-8-5-13(2)11-17(15)19/h5-11H,4,12,20H2,1-3H3. The van der Waals surface area contributed by atoms with Gasteiger partial charge in [-0.15, -0.1) is 0 Å². The fourth-order valence-electron chi connectivity index (χ4n) is 2.41. The highest BCUT2D eigenvalue weighted by molar-refractivity contribution is 6.31. The van der Waals surface area contributed by atoms with E-state index in [-0.39, 0.29) is 0 Å². The van der Waals surface area contributed by atoms with Gasteiger partial charge in [-0.2, -0.15) is 0 Å². The van der Waals surface area contributed by atoms with Crippen LogP contribution in [-0.2, 0) is 18.4 Å². The molecule has 20 heavy (non-hydrogen) atoms. The molecule has 0 aliphatic heterocycles. The SMILES string of the molecule is CCc1ccc(C(C)(N)Cc2ccc(C)cc2Cl)cc1. The van der Waals surface area contributed by atoms with E-state index in [1.165, 1.54) is 11.1 Å². The van der Waals surface area contributed by atoms with Crippen LogP contribution >= 0.6 is 11.6 Å². The molecule has 0 saturated carbocycles. The van der Waals surface area contributed by atoms with Gasteiger partial charge in [0.1, 0.15) is 0 Å². The van der Waals surface area contributed by atoms with Crippen molar-refractivity contribution in [2.75, 3.05) is 0 Å². The van der Waals surface area contributed by atoms with Crippen LogP contribution in [0.2, 0.25) is 5.02 Å². The van der Waals surface area contributed by atoms with E-state index in [9.17, 15) is 0 Å². The van der Waals surface area contributed by atoms with Crippen molar-refractivity contribution in [2.24, 2.45) is 5.73 Å². The van der Waals surface area contributed by atoms with Crippen LogP contribution in [0.3, 0.4) is 0 Å². The zero-order chi connectivity index (χ0) is 14.8. The van der Waals surface area contributed by atoms with Crippen LogP contribution in [0.25, 0.3) is 0 Å². The predicted octanol–water partition coefficient (Wildman–Crippen LogP) is 4.63. The normalized spacial score (nSPS) is 14.1. The van der Waals surface area contributed by atoms with Crippen LogP contribution in [-0.4, -0.2) is 0 Å². The number of halogens is 1. The molecule has 106 valence electrons. The lowest BCUT2D eigenvalue weighted by atomic mass is 9.86. The monoisotopic (exact) mass is 287 g/mol. The maximum Gasteiger partial charge on any atom is 0.0441 e. The molecule has 1 atom stereocenters. The second kappa shape index (κ2) is 5.99. The van der Waals surface area contributed by atoms with Gasteiger partial charge in [-0.3, -0.25) is 0 Å². The van der Waals surface area contributed by atoms with E-state index >= 15 is 0 Å². The first-order valence-electron chi connectivity index (χ1n) is 7.05. The Balaban J connectivity index is 2.25. The van der Waals surface area contributed by atoms with Gasteiger partial charge in [0.25, 0.3) is 0 Å². The van der Waals surface area contributed by atoms with Gasteiger partial charge in [-0.1, -0.05) is 54.9 Å². The molecule has 1 unspecified atom stereocenters. The molecular formula is C18H22ClN. The van der Waals surface area contributed by atoms with Gasteiger partial charge in [0.2, 0.25) is 0 Å². The van der Waals surface area contributed by atoms with Crippen LogP contribution < -0.4 is 5.73 Å². The smallest absolute Gasteiger partial charge is 0.0441 e. The summed E-state index contributed by atoms with van der Waals surface area (Å²) in [6.45, 7) is 6.26. The molecular weight excluding hydrogens is 266 g/mol. The zero-order valence-electron chi connectivity index (χ0n) is 12.4. The van der Waals surface area contributed by atoms with Crippen molar-refractivity contribution in [3.63, 3.8) is 0 Å². The molecule has 0 spiro atoms. The van der Waals surface area contributed by atoms with E-state index in [0.29, 0.717) is 0 Å². The third-order valence-electron chi connectivity index (χ3n) is 3.79. The summed E-state index contributed by atoms with van der Waals surface area (Å²) >= 11 is 6.32. The summed E-state index contributed by atoms with van der Waals surface area (Å²) in [5, 5.41) is 0.798. The first-order valence-corrected chi connectivity index (χ1v) is 7.43. The number of rotatable bonds is 4. The quantitative estimate of drug-likeness (QED) is 0.872. The Morgan fingerprint density at radius 2 is 1.75 bits per heavy atom. The molecule has 2 N–H and O–H groups in total. The van der Waals surface area contributed by atoms with E-state index in [0.717, 1.165) is 29.0 Å². The third kappa shape index (κ3) is 3.41.